The summed E-state index contributed by atoms with van der Waals surface area (Å²) in [7, 11) is 0. The fourth-order valence-corrected chi connectivity index (χ4v) is 11.7. The molecule has 0 saturated carbocycles. The summed E-state index contributed by atoms with van der Waals surface area (Å²) in [5.74, 6) is 0. The SMILES string of the molecule is [2H]c1c([2H])c([2H])c(-c2ccc(-n3c4cc(-c5ccc6c7cc8c(cc7n(-c7ccc(-c9c([2H])c([2H])c([2H])c([2H])c9[2H])cc7)c6c5)C(C)(C)c5ccccc5-8)ccc4c4cc5c(cc43)C(C)(C)c3ccccc3-5)cc2)c([2H])c1[2H]. The normalized spacial score (nSPS) is 16.2. The van der Waals surface area contributed by atoms with Crippen LogP contribution < -0.4 is 0 Å². The van der Waals surface area contributed by atoms with Crippen LogP contribution in [0, 0.1) is 0 Å². The van der Waals surface area contributed by atoms with E-state index in [1.807, 2.05) is 48.5 Å². The average Bonchev–Trinajstić information content (AvgIpc) is 4.24. The molecule has 2 heterocycles. The minimum absolute atomic E-state index is 0.158. The van der Waals surface area contributed by atoms with Crippen LogP contribution in [0.1, 0.15) is 63.7 Å². The fourth-order valence-electron chi connectivity index (χ4n) is 11.7. The van der Waals surface area contributed by atoms with Crippen molar-refractivity contribution < 1.29 is 13.7 Å². The molecule has 2 aromatic heterocycles. The fraction of sp³-hybridized carbons (Fsp3) is 0.0909. The smallest absolute Gasteiger partial charge is 0.0629 e. The second kappa shape index (κ2) is 14.2. The summed E-state index contributed by atoms with van der Waals surface area (Å²) in [6.07, 6.45) is 0. The molecule has 0 fully saturated rings. The quantitative estimate of drug-likeness (QED) is 0.163. The van der Waals surface area contributed by atoms with Crippen LogP contribution in [0.2, 0.25) is 0 Å². The van der Waals surface area contributed by atoms with Gasteiger partial charge in [0.1, 0.15) is 0 Å². The van der Waals surface area contributed by atoms with Crippen LogP contribution in [-0.4, -0.2) is 9.13 Å². The predicted octanol–water partition coefficient (Wildman–Crippen LogP) is 17.5. The minimum Gasteiger partial charge on any atom is -0.309 e. The maximum Gasteiger partial charge on any atom is 0.0629 e. The van der Waals surface area contributed by atoms with E-state index in [0.717, 1.165) is 66.1 Å². The van der Waals surface area contributed by atoms with Gasteiger partial charge in [0.25, 0.3) is 0 Å². The van der Waals surface area contributed by atoms with E-state index < -0.39 is 12.1 Å². The molecule has 0 N–H and O–H groups in total. The van der Waals surface area contributed by atoms with Crippen molar-refractivity contribution in [2.24, 2.45) is 0 Å². The zero-order valence-electron chi connectivity index (χ0n) is 47.9. The van der Waals surface area contributed by atoms with E-state index >= 15 is 0 Å². The van der Waals surface area contributed by atoms with Gasteiger partial charge in [-0.15, -0.1) is 0 Å². The molecule has 0 atom stereocenters. The Bertz CT molecular complexity index is 4300. The number of rotatable bonds is 5. The highest BCUT2D eigenvalue weighted by Gasteiger charge is 2.37. The maximum atomic E-state index is 8.73. The van der Waals surface area contributed by atoms with Gasteiger partial charge in [0.15, 0.2) is 0 Å². The molecule has 0 aliphatic heterocycles. The number of hydrogen-bond acceptors (Lipinski definition) is 0. The van der Waals surface area contributed by atoms with Gasteiger partial charge in [0.2, 0.25) is 0 Å². The first-order chi connectivity index (χ1) is 37.4. The summed E-state index contributed by atoms with van der Waals surface area (Å²) in [6, 6.07) is 51.9. The molecule has 2 heteroatoms. The molecule has 322 valence electrons. The van der Waals surface area contributed by atoms with E-state index in [1.54, 1.807) is 0 Å². The predicted molar refractivity (Wildman–Crippen MR) is 287 cm³/mol. The lowest BCUT2D eigenvalue weighted by molar-refractivity contribution is 0.661. The summed E-state index contributed by atoms with van der Waals surface area (Å²) in [5.41, 5.74) is 18.5. The van der Waals surface area contributed by atoms with Gasteiger partial charge in [-0.2, -0.15) is 0 Å². The van der Waals surface area contributed by atoms with Crippen LogP contribution in [0.3, 0.4) is 0 Å². The monoisotopic (exact) mass is 878 g/mol. The molecule has 14 rings (SSSR count). The molecule has 0 amide bonds. The van der Waals surface area contributed by atoms with Crippen LogP contribution in [0.15, 0.2) is 218 Å². The van der Waals surface area contributed by atoms with Crippen LogP contribution in [0.25, 0.3) is 111 Å². The Hall–Kier alpha value is -8.20. The minimum atomic E-state index is -0.424. The van der Waals surface area contributed by atoms with E-state index in [-0.39, 0.29) is 70.3 Å². The molecular formula is C66H48N2. The molecule has 10 aromatic carbocycles. The third-order valence-electron chi connectivity index (χ3n) is 15.1. The van der Waals surface area contributed by atoms with E-state index in [1.165, 1.54) is 44.5 Å². The third kappa shape index (κ3) is 5.52. The van der Waals surface area contributed by atoms with Crippen molar-refractivity contribution in [1.82, 2.24) is 9.13 Å². The van der Waals surface area contributed by atoms with Crippen molar-refractivity contribution in [1.29, 1.82) is 0 Å². The van der Waals surface area contributed by atoms with Crippen LogP contribution in [-0.2, 0) is 10.8 Å². The van der Waals surface area contributed by atoms with E-state index in [9.17, 15) is 0 Å². The molecule has 0 spiro atoms. The van der Waals surface area contributed by atoms with Gasteiger partial charge < -0.3 is 9.13 Å². The first-order valence-corrected chi connectivity index (χ1v) is 23.2. The molecule has 2 aliphatic carbocycles. The van der Waals surface area contributed by atoms with Gasteiger partial charge in [-0.25, -0.2) is 0 Å². The molecule has 68 heavy (non-hydrogen) atoms. The van der Waals surface area contributed by atoms with Crippen LogP contribution >= 0.6 is 0 Å². The van der Waals surface area contributed by atoms with Crippen molar-refractivity contribution in [3.8, 4) is 67.0 Å². The standard InChI is InChI=1S/C66H48N2/c1-65(2)57-21-13-11-19-49(57)53-37-55-51-33-27-45(35-61(51)67(63(55)39-59(53)65)47-29-23-43(24-30-47)41-15-7-5-8-16-41)46-28-34-52-56-38-54-50-20-12-14-22-58(50)66(3,4)60(54)40-64(56)68(62(52)36-46)48-31-25-44(26-32-48)42-17-9-6-10-18-42/h5-40H,1-4H3/i5D,6D,7D,8D,9D,10D,15D,16D,17D,18D. The van der Waals surface area contributed by atoms with Gasteiger partial charge in [0, 0.05) is 43.7 Å². The average molecular weight is 879 g/mol. The molecule has 0 unspecified atom stereocenters. The Kier molecular flexibility index (Phi) is 6.28. The molecule has 0 saturated heterocycles. The summed E-state index contributed by atoms with van der Waals surface area (Å²) in [5, 5.41) is 4.33. The molecule has 2 nitrogen and oxygen atoms in total. The van der Waals surface area contributed by atoms with E-state index in [2.05, 4.69) is 146 Å². The molecular weight excluding hydrogens is 821 g/mol. The Morgan fingerprint density at radius 3 is 1.09 bits per heavy atom. The Labute approximate surface area is 411 Å². The van der Waals surface area contributed by atoms with Crippen molar-refractivity contribution in [2.75, 3.05) is 0 Å². The zero-order valence-corrected chi connectivity index (χ0v) is 37.9. The van der Waals surface area contributed by atoms with Crippen LogP contribution in [0.4, 0.5) is 0 Å². The molecule has 0 radical (unpaired) electrons. The second-order valence-electron chi connectivity index (χ2n) is 19.4. The van der Waals surface area contributed by atoms with Gasteiger partial charge in [0.05, 0.1) is 35.8 Å². The van der Waals surface area contributed by atoms with E-state index in [4.69, 9.17) is 13.7 Å². The molecule has 0 bridgehead atoms. The van der Waals surface area contributed by atoms with Gasteiger partial charge in [-0.1, -0.05) is 185 Å². The number of aromatic nitrogens is 2. The summed E-state index contributed by atoms with van der Waals surface area (Å²) in [4.78, 5) is 0. The highest BCUT2D eigenvalue weighted by Crippen LogP contribution is 2.53. The number of hydrogen-bond donors (Lipinski definition) is 0. The number of nitrogens with zero attached hydrogens (tertiary/aromatic N) is 2. The van der Waals surface area contributed by atoms with Crippen molar-refractivity contribution in [3.05, 3.63) is 240 Å². The lowest BCUT2D eigenvalue weighted by Crippen LogP contribution is -2.14. The maximum absolute atomic E-state index is 8.73. The summed E-state index contributed by atoms with van der Waals surface area (Å²) < 4.78 is 89.4. The number of fused-ring (bicyclic) bond motifs is 12. The first-order valence-electron chi connectivity index (χ1n) is 28.2. The largest absolute Gasteiger partial charge is 0.309 e. The van der Waals surface area contributed by atoms with Crippen LogP contribution in [0.5, 0.6) is 0 Å². The summed E-state index contributed by atoms with van der Waals surface area (Å²) in [6.45, 7) is 9.12. The summed E-state index contributed by atoms with van der Waals surface area (Å²) >= 11 is 0. The highest BCUT2D eigenvalue weighted by molar-refractivity contribution is 6.14. The van der Waals surface area contributed by atoms with Crippen molar-refractivity contribution >= 4 is 43.6 Å². The Morgan fingerprint density at radius 2 is 0.676 bits per heavy atom. The van der Waals surface area contributed by atoms with Crippen molar-refractivity contribution in [3.63, 3.8) is 0 Å². The highest BCUT2D eigenvalue weighted by atomic mass is 15.0. The first kappa shape index (κ1) is 30.2. The lowest BCUT2D eigenvalue weighted by atomic mass is 9.82. The zero-order chi connectivity index (χ0) is 54.2. The lowest BCUT2D eigenvalue weighted by Gasteiger charge is -2.21. The molecule has 2 aliphatic rings. The van der Waals surface area contributed by atoms with Gasteiger partial charge in [-0.3, -0.25) is 0 Å². The Balaban J connectivity index is 0.985. The Morgan fingerprint density at radius 1 is 0.309 bits per heavy atom. The van der Waals surface area contributed by atoms with Crippen molar-refractivity contribution in [2.45, 2.75) is 38.5 Å². The molecule has 12 aromatic rings. The number of benzene rings is 10. The third-order valence-corrected chi connectivity index (χ3v) is 15.1. The van der Waals surface area contributed by atoms with Gasteiger partial charge >= 0.3 is 0 Å². The second-order valence-corrected chi connectivity index (χ2v) is 19.4. The van der Waals surface area contributed by atoms with Gasteiger partial charge in [-0.05, 0) is 139 Å². The van der Waals surface area contributed by atoms with E-state index in [0.29, 0.717) is 11.1 Å². The topological polar surface area (TPSA) is 9.86 Å².